The number of rotatable bonds is 9. The van der Waals surface area contributed by atoms with Crippen LogP contribution in [0.4, 0.5) is 0 Å². The maximum Gasteiger partial charge on any atom is 0.220 e. The Bertz CT molecular complexity index is 468. The summed E-state index contributed by atoms with van der Waals surface area (Å²) < 4.78 is 0. The molecule has 1 amide bonds. The molecule has 0 bridgehead atoms. The zero-order valence-electron chi connectivity index (χ0n) is 15.4. The van der Waals surface area contributed by atoms with Gasteiger partial charge in [-0.15, -0.1) is 0 Å². The second kappa shape index (κ2) is 10.5. The topological polar surface area (TPSA) is 41.1 Å². The highest BCUT2D eigenvalue weighted by Crippen LogP contribution is 2.22. The molecule has 134 valence electrons. The average molecular weight is 331 g/mol. The van der Waals surface area contributed by atoms with Gasteiger partial charge >= 0.3 is 0 Å². The van der Waals surface area contributed by atoms with E-state index < -0.39 is 0 Å². The smallest absolute Gasteiger partial charge is 0.220 e. The highest BCUT2D eigenvalue weighted by atomic mass is 16.1. The van der Waals surface area contributed by atoms with Gasteiger partial charge in [0.15, 0.2) is 0 Å². The lowest BCUT2D eigenvalue weighted by Crippen LogP contribution is -2.39. The third kappa shape index (κ3) is 6.64. The number of nitrogens with one attached hydrogen (secondary N) is 2. The SMILES string of the molecule is CCCC(CCc1ccccc1)NC(=O)CC(C)C1CCCNC1. The lowest BCUT2D eigenvalue weighted by atomic mass is 9.85. The molecule has 1 heterocycles. The van der Waals surface area contributed by atoms with E-state index in [0.29, 0.717) is 24.3 Å². The summed E-state index contributed by atoms with van der Waals surface area (Å²) in [4.78, 5) is 12.5. The zero-order valence-corrected chi connectivity index (χ0v) is 15.4. The number of hydrogen-bond acceptors (Lipinski definition) is 2. The molecule has 2 rings (SSSR count). The van der Waals surface area contributed by atoms with Crippen molar-refractivity contribution >= 4 is 5.91 Å². The van der Waals surface area contributed by atoms with Gasteiger partial charge in [-0.25, -0.2) is 0 Å². The van der Waals surface area contributed by atoms with Crippen LogP contribution in [0.3, 0.4) is 0 Å². The van der Waals surface area contributed by atoms with Crippen LogP contribution in [0, 0.1) is 11.8 Å². The Morgan fingerprint density at radius 1 is 1.29 bits per heavy atom. The van der Waals surface area contributed by atoms with Gasteiger partial charge < -0.3 is 10.6 Å². The first-order chi connectivity index (χ1) is 11.7. The number of hydrogen-bond donors (Lipinski definition) is 2. The first-order valence-corrected chi connectivity index (χ1v) is 9.73. The molecule has 1 aromatic carbocycles. The van der Waals surface area contributed by atoms with E-state index in [1.54, 1.807) is 0 Å². The van der Waals surface area contributed by atoms with Gasteiger partial charge in [0.05, 0.1) is 0 Å². The Labute approximate surface area is 147 Å². The molecule has 3 heteroatoms. The quantitative estimate of drug-likeness (QED) is 0.720. The minimum Gasteiger partial charge on any atom is -0.353 e. The summed E-state index contributed by atoms with van der Waals surface area (Å²) in [6, 6.07) is 10.9. The maximum absolute atomic E-state index is 12.5. The van der Waals surface area contributed by atoms with E-state index >= 15 is 0 Å². The van der Waals surface area contributed by atoms with Crippen LogP contribution in [0.25, 0.3) is 0 Å². The highest BCUT2D eigenvalue weighted by Gasteiger charge is 2.22. The van der Waals surface area contributed by atoms with Crippen LogP contribution in [-0.4, -0.2) is 25.0 Å². The molecular formula is C21H34N2O. The second-order valence-corrected chi connectivity index (χ2v) is 7.37. The predicted octanol–water partition coefficient (Wildman–Crippen LogP) is 3.93. The van der Waals surface area contributed by atoms with Crippen molar-refractivity contribution in [3.05, 3.63) is 35.9 Å². The Morgan fingerprint density at radius 3 is 2.75 bits per heavy atom. The van der Waals surface area contributed by atoms with E-state index in [2.05, 4.69) is 54.8 Å². The molecule has 3 unspecified atom stereocenters. The minimum absolute atomic E-state index is 0.236. The number of aryl methyl sites for hydroxylation is 1. The Kier molecular flexibility index (Phi) is 8.31. The van der Waals surface area contributed by atoms with E-state index in [9.17, 15) is 4.79 Å². The molecule has 1 aliphatic rings. The van der Waals surface area contributed by atoms with E-state index in [-0.39, 0.29) is 5.91 Å². The van der Waals surface area contributed by atoms with Gasteiger partial charge in [-0.2, -0.15) is 0 Å². The standard InChI is InChI=1S/C21H34N2O/c1-3-8-20(13-12-18-9-5-4-6-10-18)23-21(24)15-17(2)19-11-7-14-22-16-19/h4-6,9-10,17,19-20,22H,3,7-8,11-16H2,1-2H3,(H,23,24). The van der Waals surface area contributed by atoms with E-state index in [0.717, 1.165) is 38.8 Å². The van der Waals surface area contributed by atoms with Gasteiger partial charge in [0, 0.05) is 12.5 Å². The lowest BCUT2D eigenvalue weighted by Gasteiger charge is -2.28. The molecule has 0 aromatic heterocycles. The van der Waals surface area contributed by atoms with Crippen LogP contribution in [0.5, 0.6) is 0 Å². The molecule has 1 saturated heterocycles. The van der Waals surface area contributed by atoms with E-state index in [4.69, 9.17) is 0 Å². The van der Waals surface area contributed by atoms with Gasteiger partial charge in [-0.1, -0.05) is 50.6 Å². The Hall–Kier alpha value is -1.35. The number of amides is 1. The largest absolute Gasteiger partial charge is 0.353 e. The molecule has 1 fully saturated rings. The third-order valence-corrected chi connectivity index (χ3v) is 5.27. The Morgan fingerprint density at radius 2 is 2.08 bits per heavy atom. The van der Waals surface area contributed by atoms with Crippen LogP contribution in [-0.2, 0) is 11.2 Å². The summed E-state index contributed by atoms with van der Waals surface area (Å²) in [7, 11) is 0. The lowest BCUT2D eigenvalue weighted by molar-refractivity contribution is -0.123. The summed E-state index contributed by atoms with van der Waals surface area (Å²) in [5, 5.41) is 6.76. The van der Waals surface area contributed by atoms with Crippen molar-refractivity contribution in [2.75, 3.05) is 13.1 Å². The van der Waals surface area contributed by atoms with Crippen molar-refractivity contribution in [3.8, 4) is 0 Å². The van der Waals surface area contributed by atoms with Crippen LogP contribution in [0.15, 0.2) is 30.3 Å². The van der Waals surface area contributed by atoms with Crippen LogP contribution in [0.2, 0.25) is 0 Å². The molecule has 0 saturated carbocycles. The summed E-state index contributed by atoms with van der Waals surface area (Å²) in [6.45, 7) is 6.63. The van der Waals surface area contributed by atoms with Gasteiger partial charge in [-0.3, -0.25) is 4.79 Å². The zero-order chi connectivity index (χ0) is 17.2. The summed E-state index contributed by atoms with van der Waals surface area (Å²) in [5.74, 6) is 1.35. The van der Waals surface area contributed by atoms with E-state index in [1.807, 2.05) is 0 Å². The Balaban J connectivity index is 1.77. The third-order valence-electron chi connectivity index (χ3n) is 5.27. The molecule has 2 N–H and O–H groups in total. The summed E-state index contributed by atoms with van der Waals surface area (Å²) in [5.41, 5.74) is 1.36. The van der Waals surface area contributed by atoms with Gasteiger partial charge in [0.2, 0.25) is 5.91 Å². The second-order valence-electron chi connectivity index (χ2n) is 7.37. The molecular weight excluding hydrogens is 296 g/mol. The van der Waals surface area contributed by atoms with Crippen LogP contribution >= 0.6 is 0 Å². The first-order valence-electron chi connectivity index (χ1n) is 9.73. The molecule has 0 radical (unpaired) electrons. The van der Waals surface area contributed by atoms with Crippen LogP contribution in [0.1, 0.15) is 57.9 Å². The summed E-state index contributed by atoms with van der Waals surface area (Å²) >= 11 is 0. The van der Waals surface area contributed by atoms with Gasteiger partial charge in [-0.05, 0) is 62.6 Å². The van der Waals surface area contributed by atoms with Crippen molar-refractivity contribution < 1.29 is 4.79 Å². The number of benzene rings is 1. The minimum atomic E-state index is 0.236. The number of piperidine rings is 1. The van der Waals surface area contributed by atoms with Crippen molar-refractivity contribution in [2.24, 2.45) is 11.8 Å². The average Bonchev–Trinajstić information content (AvgIpc) is 2.61. The number of carbonyl (C=O) groups excluding carboxylic acids is 1. The normalized spacial score (nSPS) is 20.3. The highest BCUT2D eigenvalue weighted by molar-refractivity contribution is 5.76. The van der Waals surface area contributed by atoms with Crippen LogP contribution < -0.4 is 10.6 Å². The van der Waals surface area contributed by atoms with Gasteiger partial charge in [0.25, 0.3) is 0 Å². The fraction of sp³-hybridized carbons (Fsp3) is 0.667. The van der Waals surface area contributed by atoms with Gasteiger partial charge in [0.1, 0.15) is 0 Å². The molecule has 1 aromatic rings. The molecule has 0 aliphatic carbocycles. The number of carbonyl (C=O) groups is 1. The molecule has 3 nitrogen and oxygen atoms in total. The molecule has 0 spiro atoms. The van der Waals surface area contributed by atoms with Crippen molar-refractivity contribution in [3.63, 3.8) is 0 Å². The van der Waals surface area contributed by atoms with Crippen molar-refractivity contribution in [1.29, 1.82) is 0 Å². The predicted molar refractivity (Wildman–Crippen MR) is 101 cm³/mol. The fourth-order valence-corrected chi connectivity index (χ4v) is 3.73. The first kappa shape index (κ1) is 19.0. The molecule has 3 atom stereocenters. The van der Waals surface area contributed by atoms with Crippen molar-refractivity contribution in [1.82, 2.24) is 10.6 Å². The fourth-order valence-electron chi connectivity index (χ4n) is 3.73. The van der Waals surface area contributed by atoms with Crippen molar-refractivity contribution in [2.45, 2.75) is 64.8 Å². The molecule has 1 aliphatic heterocycles. The monoisotopic (exact) mass is 330 g/mol. The maximum atomic E-state index is 12.5. The summed E-state index contributed by atoms with van der Waals surface area (Å²) in [6.07, 6.45) is 7.41. The molecule has 24 heavy (non-hydrogen) atoms. The van der Waals surface area contributed by atoms with E-state index in [1.165, 1.54) is 18.4 Å².